The first-order valence-electron chi connectivity index (χ1n) is 6.33. The summed E-state index contributed by atoms with van der Waals surface area (Å²) in [4.78, 5) is 0. The van der Waals surface area contributed by atoms with E-state index in [9.17, 15) is 0 Å². The van der Waals surface area contributed by atoms with Gasteiger partial charge in [0.1, 0.15) is 6.23 Å². The van der Waals surface area contributed by atoms with Crippen LogP contribution in [-0.4, -0.2) is 12.8 Å². The predicted molar refractivity (Wildman–Crippen MR) is 73.7 cm³/mol. The van der Waals surface area contributed by atoms with Gasteiger partial charge in [0.25, 0.3) is 0 Å². The second kappa shape index (κ2) is 9.16. The largest absolute Gasteiger partial charge is 0.359 e. The number of nitrogens with two attached hydrogens (primary N) is 1. The van der Waals surface area contributed by atoms with Crippen LogP contribution in [0.5, 0.6) is 0 Å². The Labute approximate surface area is 105 Å². The fraction of sp³-hybridized carbons (Fsp3) is 0.571. The number of hydrogen-bond donors (Lipinski definition) is 2. The molecule has 3 nitrogen and oxygen atoms in total. The number of ether oxygens (including phenoxy) is 1. The van der Waals surface area contributed by atoms with Crippen LogP contribution < -0.4 is 11.1 Å². The Morgan fingerprint density at radius 2 is 1.76 bits per heavy atom. The lowest BCUT2D eigenvalue weighted by molar-refractivity contribution is 0.0302. The van der Waals surface area contributed by atoms with Crippen molar-refractivity contribution in [2.75, 3.05) is 6.61 Å². The summed E-state index contributed by atoms with van der Waals surface area (Å²) < 4.78 is 5.59. The number of hydrogen-bond acceptors (Lipinski definition) is 3. The lowest BCUT2D eigenvalue weighted by Gasteiger charge is -2.21. The van der Waals surface area contributed by atoms with Crippen molar-refractivity contribution in [3.05, 3.63) is 35.4 Å². The number of nitrogens with one attached hydrogen (secondary N) is 1. The molecule has 98 valence electrons. The van der Waals surface area contributed by atoms with Crippen molar-refractivity contribution >= 4 is 0 Å². The highest BCUT2D eigenvalue weighted by molar-refractivity contribution is 5.22. The molecule has 0 aliphatic heterocycles. The third kappa shape index (κ3) is 6.41. The zero-order chi connectivity index (χ0) is 13.3. The summed E-state index contributed by atoms with van der Waals surface area (Å²) in [6.07, 6.45) is -0.196. The molecule has 0 spiro atoms. The van der Waals surface area contributed by atoms with Crippen molar-refractivity contribution < 1.29 is 4.74 Å². The number of benzene rings is 1. The highest BCUT2D eigenvalue weighted by Gasteiger charge is 2.11. The van der Waals surface area contributed by atoms with Gasteiger partial charge in [0.15, 0.2) is 0 Å². The molecule has 1 aromatic rings. The molecule has 2 unspecified atom stereocenters. The Kier molecular flexibility index (Phi) is 8.68. The van der Waals surface area contributed by atoms with Crippen LogP contribution in [0.15, 0.2) is 24.3 Å². The zero-order valence-electron chi connectivity index (χ0n) is 11.7. The van der Waals surface area contributed by atoms with E-state index in [1.807, 2.05) is 27.7 Å². The van der Waals surface area contributed by atoms with Gasteiger partial charge in [-0.25, -0.2) is 0 Å². The summed E-state index contributed by atoms with van der Waals surface area (Å²) in [5.74, 6) is 0. The normalized spacial score (nSPS) is 13.5. The molecule has 0 radical (unpaired) electrons. The Bertz CT molecular complexity index is 283. The molecule has 0 aromatic heterocycles. The smallest absolute Gasteiger partial charge is 0.135 e. The molecule has 3 N–H and O–H groups in total. The van der Waals surface area contributed by atoms with Crippen molar-refractivity contribution in [3.63, 3.8) is 0 Å². The van der Waals surface area contributed by atoms with Crippen molar-refractivity contribution in [1.29, 1.82) is 0 Å². The second-order valence-corrected chi connectivity index (χ2v) is 3.70. The topological polar surface area (TPSA) is 47.3 Å². The van der Waals surface area contributed by atoms with Crippen LogP contribution in [-0.2, 0) is 4.74 Å². The van der Waals surface area contributed by atoms with Crippen LogP contribution >= 0.6 is 0 Å². The maximum Gasteiger partial charge on any atom is 0.135 e. The Morgan fingerprint density at radius 3 is 2.18 bits per heavy atom. The second-order valence-electron chi connectivity index (χ2n) is 3.70. The van der Waals surface area contributed by atoms with Crippen LogP contribution in [0.3, 0.4) is 0 Å². The molecule has 0 bridgehead atoms. The molecule has 0 heterocycles. The van der Waals surface area contributed by atoms with Crippen LogP contribution in [0.2, 0.25) is 0 Å². The van der Waals surface area contributed by atoms with E-state index in [1.165, 1.54) is 5.56 Å². The third-order valence-electron chi connectivity index (χ3n) is 2.13. The summed E-state index contributed by atoms with van der Waals surface area (Å²) in [5.41, 5.74) is 8.06. The van der Waals surface area contributed by atoms with E-state index >= 15 is 0 Å². The molecule has 0 saturated carbocycles. The average Bonchev–Trinajstić information content (AvgIpc) is 2.31. The van der Waals surface area contributed by atoms with Crippen molar-refractivity contribution in [1.82, 2.24) is 5.32 Å². The van der Waals surface area contributed by atoms with Gasteiger partial charge in [0, 0.05) is 6.61 Å². The quantitative estimate of drug-likeness (QED) is 0.775. The van der Waals surface area contributed by atoms with Gasteiger partial charge in [-0.05, 0) is 26.3 Å². The summed E-state index contributed by atoms with van der Waals surface area (Å²) in [5, 5.41) is 3.17. The van der Waals surface area contributed by atoms with E-state index in [0.29, 0.717) is 6.61 Å². The van der Waals surface area contributed by atoms with E-state index in [0.717, 1.165) is 5.56 Å². The fourth-order valence-corrected chi connectivity index (χ4v) is 1.39. The van der Waals surface area contributed by atoms with Crippen LogP contribution in [0.4, 0.5) is 0 Å². The summed E-state index contributed by atoms with van der Waals surface area (Å²) in [6, 6.07) is 8.27. The first-order chi connectivity index (χ1) is 8.13. The highest BCUT2D eigenvalue weighted by atomic mass is 16.5. The first kappa shape index (κ1) is 16.1. The van der Waals surface area contributed by atoms with Gasteiger partial charge in [-0.15, -0.1) is 0 Å². The van der Waals surface area contributed by atoms with Gasteiger partial charge < -0.3 is 10.5 Å². The maximum absolute atomic E-state index is 5.70. The molecule has 2 atom stereocenters. The molecular formula is C14H26N2O. The molecule has 3 heteroatoms. The summed E-state index contributed by atoms with van der Waals surface area (Å²) in [7, 11) is 0. The minimum absolute atomic E-state index is 0.0807. The van der Waals surface area contributed by atoms with Gasteiger partial charge in [0.05, 0.1) is 6.17 Å². The van der Waals surface area contributed by atoms with Crippen molar-refractivity contribution in [2.24, 2.45) is 5.73 Å². The molecular weight excluding hydrogens is 212 g/mol. The van der Waals surface area contributed by atoms with E-state index in [4.69, 9.17) is 10.5 Å². The van der Waals surface area contributed by atoms with Crippen molar-refractivity contribution in [3.8, 4) is 0 Å². The van der Waals surface area contributed by atoms with Gasteiger partial charge >= 0.3 is 0 Å². The van der Waals surface area contributed by atoms with Gasteiger partial charge in [-0.1, -0.05) is 43.7 Å². The van der Waals surface area contributed by atoms with E-state index in [2.05, 4.69) is 36.5 Å². The number of rotatable bonds is 5. The lowest BCUT2D eigenvalue weighted by Crippen LogP contribution is -2.38. The van der Waals surface area contributed by atoms with Crippen LogP contribution in [0.1, 0.15) is 45.0 Å². The lowest BCUT2D eigenvalue weighted by atomic mass is 10.1. The SMILES string of the molecule is CC.CCOC(NC(C)N)c1ccc(C)cc1. The first-order valence-corrected chi connectivity index (χ1v) is 6.33. The van der Waals surface area contributed by atoms with Crippen LogP contribution in [0.25, 0.3) is 0 Å². The van der Waals surface area contributed by atoms with E-state index in [1.54, 1.807) is 0 Å². The molecule has 17 heavy (non-hydrogen) atoms. The molecule has 1 aromatic carbocycles. The Hall–Kier alpha value is -0.900. The fourth-order valence-electron chi connectivity index (χ4n) is 1.39. The minimum atomic E-state index is -0.115. The monoisotopic (exact) mass is 238 g/mol. The molecule has 0 saturated heterocycles. The summed E-state index contributed by atoms with van der Waals surface area (Å²) >= 11 is 0. The van der Waals surface area contributed by atoms with Gasteiger partial charge in [-0.2, -0.15) is 0 Å². The molecule has 0 amide bonds. The molecule has 0 fully saturated rings. The summed E-state index contributed by atoms with van der Waals surface area (Å²) in [6.45, 7) is 10.6. The van der Waals surface area contributed by atoms with Crippen LogP contribution in [0, 0.1) is 6.92 Å². The Balaban J connectivity index is 0.00000121. The molecule has 0 aliphatic carbocycles. The zero-order valence-corrected chi connectivity index (χ0v) is 11.7. The maximum atomic E-state index is 5.70. The van der Waals surface area contributed by atoms with Crippen molar-refractivity contribution in [2.45, 2.75) is 47.0 Å². The highest BCUT2D eigenvalue weighted by Crippen LogP contribution is 2.15. The average molecular weight is 238 g/mol. The third-order valence-corrected chi connectivity index (χ3v) is 2.13. The molecule has 0 aliphatic rings. The standard InChI is InChI=1S/C12H20N2O.C2H6/c1-4-15-12(14-10(3)13)11-7-5-9(2)6-8-11;1-2/h5-8,10,12,14H,4,13H2,1-3H3;1-2H3. The predicted octanol–water partition coefficient (Wildman–Crippen LogP) is 2.95. The van der Waals surface area contributed by atoms with E-state index in [-0.39, 0.29) is 12.4 Å². The minimum Gasteiger partial charge on any atom is -0.359 e. The van der Waals surface area contributed by atoms with Gasteiger partial charge in [-0.3, -0.25) is 5.32 Å². The number of aryl methyl sites for hydroxylation is 1. The molecule has 1 rings (SSSR count). The van der Waals surface area contributed by atoms with Gasteiger partial charge in [0.2, 0.25) is 0 Å². The van der Waals surface area contributed by atoms with E-state index < -0.39 is 0 Å². The Morgan fingerprint density at radius 1 is 1.24 bits per heavy atom.